The summed E-state index contributed by atoms with van der Waals surface area (Å²) in [6, 6.07) is 6.70. The van der Waals surface area contributed by atoms with E-state index in [1.807, 2.05) is 0 Å². The first-order chi connectivity index (χ1) is 8.55. The summed E-state index contributed by atoms with van der Waals surface area (Å²) in [6.07, 6.45) is 3.44. The van der Waals surface area contributed by atoms with Crippen LogP contribution in [0.3, 0.4) is 0 Å². The van der Waals surface area contributed by atoms with Crippen LogP contribution >= 0.6 is 0 Å². The smallest absolute Gasteiger partial charge is 0.175 e. The Bertz CT molecular complexity index is 493. The number of hydrogen-bond donors (Lipinski definition) is 1. The van der Waals surface area contributed by atoms with Crippen LogP contribution < -0.4 is 10.1 Å². The van der Waals surface area contributed by atoms with Gasteiger partial charge in [0.1, 0.15) is 5.75 Å². The van der Waals surface area contributed by atoms with E-state index in [-0.39, 0.29) is 0 Å². The monoisotopic (exact) mass is 269 g/mol. The average molecular weight is 269 g/mol. The van der Waals surface area contributed by atoms with Crippen molar-refractivity contribution in [2.75, 3.05) is 26.0 Å². The van der Waals surface area contributed by atoms with Gasteiger partial charge in [-0.2, -0.15) is 0 Å². The number of hydrogen-bond acceptors (Lipinski definition) is 4. The van der Waals surface area contributed by atoms with Crippen molar-refractivity contribution in [2.45, 2.75) is 17.7 Å². The first kappa shape index (κ1) is 13.4. The largest absolute Gasteiger partial charge is 0.493 e. The first-order valence-electron chi connectivity index (χ1n) is 6.19. The predicted octanol–water partition coefficient (Wildman–Crippen LogP) is 1.47. The summed E-state index contributed by atoms with van der Waals surface area (Å²) in [7, 11) is -3.16. The Balaban J connectivity index is 1.97. The van der Waals surface area contributed by atoms with Crippen LogP contribution in [-0.2, 0) is 9.84 Å². The fourth-order valence-electron chi connectivity index (χ4n) is 2.06. The summed E-state index contributed by atoms with van der Waals surface area (Å²) in [5, 5.41) is 3.31. The average Bonchev–Trinajstić information content (AvgIpc) is 2.37. The van der Waals surface area contributed by atoms with Crippen LogP contribution in [0.1, 0.15) is 12.8 Å². The molecule has 0 aromatic heterocycles. The molecular weight excluding hydrogens is 250 g/mol. The molecule has 0 radical (unpaired) electrons. The minimum atomic E-state index is -3.16. The molecule has 0 saturated carbocycles. The normalized spacial score (nSPS) is 17.6. The molecule has 1 saturated heterocycles. The minimum absolute atomic E-state index is 0.310. The maximum absolute atomic E-state index is 11.4. The molecule has 0 unspecified atom stereocenters. The third-order valence-electron chi connectivity index (χ3n) is 3.18. The molecule has 0 aliphatic carbocycles. The molecule has 100 valence electrons. The van der Waals surface area contributed by atoms with Gasteiger partial charge in [0.05, 0.1) is 11.5 Å². The lowest BCUT2D eigenvalue weighted by Gasteiger charge is -2.22. The van der Waals surface area contributed by atoms with Crippen molar-refractivity contribution in [3.8, 4) is 5.75 Å². The Labute approximate surface area is 108 Å². The molecule has 1 aliphatic heterocycles. The van der Waals surface area contributed by atoms with Crippen molar-refractivity contribution < 1.29 is 13.2 Å². The van der Waals surface area contributed by atoms with Crippen molar-refractivity contribution in [1.82, 2.24) is 5.32 Å². The Hall–Kier alpha value is -1.07. The van der Waals surface area contributed by atoms with E-state index in [1.54, 1.807) is 24.3 Å². The van der Waals surface area contributed by atoms with E-state index in [4.69, 9.17) is 4.74 Å². The topological polar surface area (TPSA) is 55.4 Å². The molecule has 1 aromatic carbocycles. The highest BCUT2D eigenvalue weighted by atomic mass is 32.2. The van der Waals surface area contributed by atoms with Crippen molar-refractivity contribution >= 4 is 9.84 Å². The van der Waals surface area contributed by atoms with Crippen LogP contribution in [0, 0.1) is 5.92 Å². The quantitative estimate of drug-likeness (QED) is 0.899. The second-order valence-corrected chi connectivity index (χ2v) is 6.77. The Morgan fingerprint density at radius 1 is 1.33 bits per heavy atom. The molecule has 0 bridgehead atoms. The standard InChI is InChI=1S/C13H19NO3S/c1-18(15,16)13-4-2-3-12(9-13)17-10-11-5-7-14-8-6-11/h2-4,9,11,14H,5-8,10H2,1H3. The number of nitrogens with one attached hydrogen (secondary N) is 1. The first-order valence-corrected chi connectivity index (χ1v) is 8.08. The summed E-state index contributed by atoms with van der Waals surface area (Å²) in [4.78, 5) is 0.310. The van der Waals surface area contributed by atoms with Crippen molar-refractivity contribution in [2.24, 2.45) is 5.92 Å². The van der Waals surface area contributed by atoms with Gasteiger partial charge in [0.25, 0.3) is 0 Å². The van der Waals surface area contributed by atoms with E-state index in [0.29, 0.717) is 23.2 Å². The summed E-state index contributed by atoms with van der Waals surface area (Å²) in [5.41, 5.74) is 0. The molecular formula is C13H19NO3S. The molecule has 0 spiro atoms. The van der Waals surface area contributed by atoms with E-state index >= 15 is 0 Å². The lowest BCUT2D eigenvalue weighted by Crippen LogP contribution is -2.30. The number of benzene rings is 1. The predicted molar refractivity (Wildman–Crippen MR) is 70.6 cm³/mol. The Kier molecular flexibility index (Phi) is 4.24. The van der Waals surface area contributed by atoms with Crippen LogP contribution in [0.4, 0.5) is 0 Å². The van der Waals surface area contributed by atoms with Gasteiger partial charge in [-0.1, -0.05) is 6.07 Å². The molecule has 0 amide bonds. The minimum Gasteiger partial charge on any atom is -0.493 e. The number of piperidine rings is 1. The maximum atomic E-state index is 11.4. The zero-order valence-corrected chi connectivity index (χ0v) is 11.4. The zero-order chi connectivity index (χ0) is 13.0. The second kappa shape index (κ2) is 5.71. The van der Waals surface area contributed by atoms with Gasteiger partial charge in [0, 0.05) is 6.26 Å². The van der Waals surface area contributed by atoms with Crippen LogP contribution in [0.25, 0.3) is 0 Å². The summed E-state index contributed by atoms with van der Waals surface area (Å²) in [6.45, 7) is 2.74. The molecule has 4 nitrogen and oxygen atoms in total. The lowest BCUT2D eigenvalue weighted by atomic mass is 9.99. The summed E-state index contributed by atoms with van der Waals surface area (Å²) in [5.74, 6) is 1.20. The van der Waals surface area contributed by atoms with Crippen molar-refractivity contribution in [3.63, 3.8) is 0 Å². The van der Waals surface area contributed by atoms with Gasteiger partial charge in [-0.05, 0) is 50.0 Å². The van der Waals surface area contributed by atoms with Crippen molar-refractivity contribution in [3.05, 3.63) is 24.3 Å². The van der Waals surface area contributed by atoms with Crippen LogP contribution in [0.5, 0.6) is 5.75 Å². The number of rotatable bonds is 4. The molecule has 1 N–H and O–H groups in total. The van der Waals surface area contributed by atoms with Gasteiger partial charge in [-0.25, -0.2) is 8.42 Å². The maximum Gasteiger partial charge on any atom is 0.175 e. The van der Waals surface area contributed by atoms with E-state index in [2.05, 4.69) is 5.32 Å². The van der Waals surface area contributed by atoms with E-state index in [0.717, 1.165) is 25.9 Å². The molecule has 1 aromatic rings. The Morgan fingerprint density at radius 2 is 2.06 bits per heavy atom. The highest BCUT2D eigenvalue weighted by molar-refractivity contribution is 7.90. The summed E-state index contributed by atoms with van der Waals surface area (Å²) >= 11 is 0. The van der Waals surface area contributed by atoms with E-state index in [1.165, 1.54) is 6.26 Å². The zero-order valence-electron chi connectivity index (χ0n) is 10.6. The van der Waals surface area contributed by atoms with Crippen LogP contribution in [-0.4, -0.2) is 34.4 Å². The number of ether oxygens (including phenoxy) is 1. The Morgan fingerprint density at radius 3 is 2.72 bits per heavy atom. The molecule has 1 fully saturated rings. The highest BCUT2D eigenvalue weighted by Crippen LogP contribution is 2.19. The van der Waals surface area contributed by atoms with Gasteiger partial charge in [-0.15, -0.1) is 0 Å². The molecule has 1 aliphatic rings. The number of sulfone groups is 1. The molecule has 2 rings (SSSR count). The van der Waals surface area contributed by atoms with Gasteiger partial charge in [0.15, 0.2) is 9.84 Å². The van der Waals surface area contributed by atoms with Gasteiger partial charge >= 0.3 is 0 Å². The van der Waals surface area contributed by atoms with E-state index in [9.17, 15) is 8.42 Å². The van der Waals surface area contributed by atoms with Crippen molar-refractivity contribution in [1.29, 1.82) is 0 Å². The third kappa shape index (κ3) is 3.71. The summed E-state index contributed by atoms with van der Waals surface area (Å²) < 4.78 is 28.5. The third-order valence-corrected chi connectivity index (χ3v) is 4.29. The molecule has 1 heterocycles. The SMILES string of the molecule is CS(=O)(=O)c1cccc(OCC2CCNCC2)c1. The fourth-order valence-corrected chi connectivity index (χ4v) is 2.71. The molecule has 18 heavy (non-hydrogen) atoms. The highest BCUT2D eigenvalue weighted by Gasteiger charge is 2.14. The van der Waals surface area contributed by atoms with E-state index < -0.39 is 9.84 Å². The fraction of sp³-hybridized carbons (Fsp3) is 0.538. The molecule has 5 heteroatoms. The van der Waals surface area contributed by atoms with Crippen LogP contribution in [0.15, 0.2) is 29.2 Å². The van der Waals surface area contributed by atoms with Gasteiger partial charge in [0.2, 0.25) is 0 Å². The second-order valence-electron chi connectivity index (χ2n) is 4.75. The van der Waals surface area contributed by atoms with Gasteiger partial charge in [-0.3, -0.25) is 0 Å². The molecule has 0 atom stereocenters. The van der Waals surface area contributed by atoms with Crippen LogP contribution in [0.2, 0.25) is 0 Å². The van der Waals surface area contributed by atoms with Gasteiger partial charge < -0.3 is 10.1 Å². The lowest BCUT2D eigenvalue weighted by molar-refractivity contribution is 0.215.